The zero-order valence-corrected chi connectivity index (χ0v) is 19.4. The molecule has 0 unspecified atom stereocenters. The van der Waals surface area contributed by atoms with Crippen molar-refractivity contribution in [2.45, 2.75) is 6.92 Å². The Bertz CT molecular complexity index is 2240. The van der Waals surface area contributed by atoms with Gasteiger partial charge in [0.25, 0.3) is 0 Å². The van der Waals surface area contributed by atoms with Gasteiger partial charge in [-0.05, 0) is 60.3 Å². The number of aromatic nitrogens is 1. The van der Waals surface area contributed by atoms with E-state index in [-0.39, 0.29) is 5.63 Å². The van der Waals surface area contributed by atoms with E-state index in [4.69, 9.17) is 8.83 Å². The van der Waals surface area contributed by atoms with Gasteiger partial charge in [-0.15, -0.1) is 0 Å². The molecule has 0 aliphatic carbocycles. The Morgan fingerprint density at radius 3 is 2.17 bits per heavy atom. The molecule has 0 fully saturated rings. The molecule has 3 aromatic heterocycles. The molecule has 0 aliphatic heterocycles. The summed E-state index contributed by atoms with van der Waals surface area (Å²) in [5.41, 5.74) is 6.30. The standard InChI is InChI=1S/C32H19NO3/c1-18-16-25-20-8-2-3-10-22(20)32(34)36-31(25)29-23-11-4-6-12-26(23)33(30(18)29)19-14-15-28-24(17-19)21-9-5-7-13-27(21)35-28/h2-17H,1H3. The third kappa shape index (κ3) is 2.45. The molecular weight excluding hydrogens is 446 g/mol. The van der Waals surface area contributed by atoms with E-state index in [1.54, 1.807) is 0 Å². The van der Waals surface area contributed by atoms with Crippen molar-refractivity contribution in [2.75, 3.05) is 0 Å². The minimum atomic E-state index is -0.314. The average molecular weight is 466 g/mol. The Hall–Kier alpha value is -4.83. The molecule has 0 aliphatic rings. The highest BCUT2D eigenvalue weighted by molar-refractivity contribution is 6.24. The van der Waals surface area contributed by atoms with Crippen LogP contribution in [-0.2, 0) is 0 Å². The van der Waals surface area contributed by atoms with Crippen LogP contribution < -0.4 is 5.63 Å². The van der Waals surface area contributed by atoms with Gasteiger partial charge in [0, 0.05) is 27.2 Å². The third-order valence-electron chi connectivity index (χ3n) is 7.33. The van der Waals surface area contributed by atoms with E-state index < -0.39 is 0 Å². The Balaban J connectivity index is 1.57. The molecule has 0 radical (unpaired) electrons. The number of nitrogens with zero attached hydrogens (tertiary/aromatic N) is 1. The maximum atomic E-state index is 13.0. The van der Waals surface area contributed by atoms with Gasteiger partial charge in [-0.25, -0.2) is 4.79 Å². The summed E-state index contributed by atoms with van der Waals surface area (Å²) in [7, 11) is 0. The molecule has 36 heavy (non-hydrogen) atoms. The van der Waals surface area contributed by atoms with Gasteiger partial charge in [0.2, 0.25) is 0 Å². The lowest BCUT2D eigenvalue weighted by molar-refractivity contribution is 0.573. The molecule has 0 amide bonds. The fourth-order valence-electron chi connectivity index (χ4n) is 5.80. The summed E-state index contributed by atoms with van der Waals surface area (Å²) in [6.45, 7) is 2.13. The second-order valence-corrected chi connectivity index (χ2v) is 9.36. The summed E-state index contributed by atoms with van der Waals surface area (Å²) >= 11 is 0. The number of aryl methyl sites for hydroxylation is 1. The summed E-state index contributed by atoms with van der Waals surface area (Å²) in [5, 5.41) is 6.65. The van der Waals surface area contributed by atoms with Crippen LogP contribution in [0.4, 0.5) is 0 Å². The zero-order valence-electron chi connectivity index (χ0n) is 19.4. The number of para-hydroxylation sites is 2. The minimum Gasteiger partial charge on any atom is -0.456 e. The van der Waals surface area contributed by atoms with E-state index in [2.05, 4.69) is 47.9 Å². The molecule has 0 atom stereocenters. The quantitative estimate of drug-likeness (QED) is 0.181. The highest BCUT2D eigenvalue weighted by atomic mass is 16.4. The summed E-state index contributed by atoms with van der Waals surface area (Å²) in [6.07, 6.45) is 0. The molecule has 170 valence electrons. The topological polar surface area (TPSA) is 48.3 Å². The monoisotopic (exact) mass is 465 g/mol. The lowest BCUT2D eigenvalue weighted by Gasteiger charge is -2.11. The van der Waals surface area contributed by atoms with Crippen LogP contribution in [0.15, 0.2) is 111 Å². The molecule has 4 heteroatoms. The SMILES string of the molecule is Cc1cc2c3ccccc3c(=O)oc2c2c3ccccc3n(-c3ccc4oc5ccccc5c4c3)c12. The Morgan fingerprint density at radius 1 is 0.611 bits per heavy atom. The Morgan fingerprint density at radius 2 is 1.31 bits per heavy atom. The van der Waals surface area contributed by atoms with E-state index in [1.807, 2.05) is 60.7 Å². The van der Waals surface area contributed by atoms with Crippen LogP contribution in [0.2, 0.25) is 0 Å². The van der Waals surface area contributed by atoms with Gasteiger partial charge in [-0.1, -0.05) is 54.6 Å². The Kier molecular flexibility index (Phi) is 3.71. The predicted octanol–water partition coefficient (Wildman–Crippen LogP) is 8.25. The largest absolute Gasteiger partial charge is 0.456 e. The summed E-state index contributed by atoms with van der Waals surface area (Å²) in [6, 6.07) is 32.6. The van der Waals surface area contributed by atoms with E-state index in [9.17, 15) is 4.79 Å². The maximum Gasteiger partial charge on any atom is 0.344 e. The smallest absolute Gasteiger partial charge is 0.344 e. The Labute approximate surface area is 204 Å². The highest BCUT2D eigenvalue weighted by Crippen LogP contribution is 2.41. The molecule has 0 saturated carbocycles. The molecule has 0 N–H and O–H groups in total. The first-order chi connectivity index (χ1) is 17.7. The molecule has 4 nitrogen and oxygen atoms in total. The number of furan rings is 1. The van der Waals surface area contributed by atoms with Gasteiger partial charge in [0.1, 0.15) is 16.7 Å². The first kappa shape index (κ1) is 19.5. The van der Waals surface area contributed by atoms with E-state index in [1.165, 1.54) is 0 Å². The van der Waals surface area contributed by atoms with Gasteiger partial charge in [-0.3, -0.25) is 0 Å². The average Bonchev–Trinajstić information content (AvgIpc) is 3.46. The molecule has 0 spiro atoms. The van der Waals surface area contributed by atoms with E-state index in [0.717, 1.165) is 65.8 Å². The van der Waals surface area contributed by atoms with Gasteiger partial charge >= 0.3 is 5.63 Å². The number of rotatable bonds is 1. The maximum absolute atomic E-state index is 13.0. The number of fused-ring (bicyclic) bond motifs is 10. The lowest BCUT2D eigenvalue weighted by Crippen LogP contribution is -2.00. The van der Waals surface area contributed by atoms with Crippen molar-refractivity contribution in [1.82, 2.24) is 4.57 Å². The second-order valence-electron chi connectivity index (χ2n) is 9.36. The number of hydrogen-bond donors (Lipinski definition) is 0. The molecule has 8 rings (SSSR count). The van der Waals surface area contributed by atoms with Crippen LogP contribution in [0.25, 0.3) is 71.2 Å². The van der Waals surface area contributed by atoms with Crippen molar-refractivity contribution in [1.29, 1.82) is 0 Å². The van der Waals surface area contributed by atoms with Crippen molar-refractivity contribution >= 4 is 65.5 Å². The zero-order chi connectivity index (χ0) is 24.0. The van der Waals surface area contributed by atoms with Crippen molar-refractivity contribution in [3.63, 3.8) is 0 Å². The fourth-order valence-corrected chi connectivity index (χ4v) is 5.80. The minimum absolute atomic E-state index is 0.314. The number of hydrogen-bond acceptors (Lipinski definition) is 3. The molecule has 0 bridgehead atoms. The van der Waals surface area contributed by atoms with Gasteiger partial charge < -0.3 is 13.4 Å². The molecule has 8 aromatic rings. The summed E-state index contributed by atoms with van der Waals surface area (Å²) in [5.74, 6) is 0. The number of benzene rings is 5. The van der Waals surface area contributed by atoms with Crippen LogP contribution in [0.3, 0.4) is 0 Å². The van der Waals surface area contributed by atoms with Gasteiger partial charge in [-0.2, -0.15) is 0 Å². The van der Waals surface area contributed by atoms with E-state index >= 15 is 0 Å². The van der Waals surface area contributed by atoms with Crippen molar-refractivity contribution in [3.05, 3.63) is 113 Å². The van der Waals surface area contributed by atoms with E-state index in [0.29, 0.717) is 11.0 Å². The summed E-state index contributed by atoms with van der Waals surface area (Å²) in [4.78, 5) is 13.0. The predicted molar refractivity (Wildman–Crippen MR) is 146 cm³/mol. The molecular formula is C32H19NO3. The van der Waals surface area contributed by atoms with Crippen molar-refractivity contribution in [3.8, 4) is 5.69 Å². The fraction of sp³-hybridized carbons (Fsp3) is 0.0312. The lowest BCUT2D eigenvalue weighted by atomic mass is 10.0. The van der Waals surface area contributed by atoms with Gasteiger partial charge in [0.05, 0.1) is 21.8 Å². The normalized spacial score (nSPS) is 12.1. The van der Waals surface area contributed by atoms with Gasteiger partial charge in [0.15, 0.2) is 0 Å². The van der Waals surface area contributed by atoms with Crippen LogP contribution >= 0.6 is 0 Å². The highest BCUT2D eigenvalue weighted by Gasteiger charge is 2.21. The van der Waals surface area contributed by atoms with Crippen LogP contribution in [0, 0.1) is 6.92 Å². The van der Waals surface area contributed by atoms with Crippen LogP contribution in [0.5, 0.6) is 0 Å². The van der Waals surface area contributed by atoms with Crippen LogP contribution in [-0.4, -0.2) is 4.57 Å². The first-order valence-electron chi connectivity index (χ1n) is 12.0. The third-order valence-corrected chi connectivity index (χ3v) is 7.33. The summed E-state index contributed by atoms with van der Waals surface area (Å²) < 4.78 is 14.4. The first-order valence-corrected chi connectivity index (χ1v) is 12.0. The molecule has 5 aromatic carbocycles. The van der Waals surface area contributed by atoms with Crippen molar-refractivity contribution in [2.24, 2.45) is 0 Å². The molecule has 0 saturated heterocycles. The second kappa shape index (κ2) is 6.86. The molecule has 3 heterocycles. The van der Waals surface area contributed by atoms with Crippen molar-refractivity contribution < 1.29 is 8.83 Å². The van der Waals surface area contributed by atoms with Crippen LogP contribution in [0.1, 0.15) is 5.56 Å².